The van der Waals surface area contributed by atoms with Crippen molar-refractivity contribution < 1.29 is 0 Å². The Kier molecular flexibility index (Phi) is 7.73. The molecule has 112 valence electrons. The number of nitrogens with zero attached hydrogens (tertiary/aromatic N) is 2. The molecule has 0 aromatic heterocycles. The molecule has 4 heteroatoms. The molecule has 1 aromatic rings. The van der Waals surface area contributed by atoms with Gasteiger partial charge >= 0.3 is 0 Å². The highest BCUT2D eigenvalue weighted by Crippen LogP contribution is 2.17. The van der Waals surface area contributed by atoms with E-state index in [-0.39, 0.29) is 0 Å². The van der Waals surface area contributed by atoms with Gasteiger partial charge in [-0.05, 0) is 33.0 Å². The second-order valence-electron chi connectivity index (χ2n) is 5.04. The molecule has 0 radical (unpaired) electrons. The largest absolute Gasteiger partial charge is 0.357 e. The molecule has 0 spiro atoms. The number of hydrogen-bond donors (Lipinski definition) is 2. The first-order valence-corrected chi connectivity index (χ1v) is 7.42. The predicted molar refractivity (Wildman–Crippen MR) is 87.1 cm³/mol. The van der Waals surface area contributed by atoms with Crippen molar-refractivity contribution in [3.05, 3.63) is 35.9 Å². The standard InChI is InChI=1S/C16H28N4/c1-5-12-18-16(17-6-2)19-13-15(20(3)4)14-10-8-7-9-11-14/h7-11,15H,5-6,12-13H2,1-4H3,(H2,17,18,19). The molecular weight excluding hydrogens is 248 g/mol. The summed E-state index contributed by atoms with van der Waals surface area (Å²) >= 11 is 0. The van der Waals surface area contributed by atoms with Gasteiger partial charge in [0.25, 0.3) is 0 Å². The molecule has 0 aliphatic carbocycles. The summed E-state index contributed by atoms with van der Waals surface area (Å²) in [6.45, 7) is 6.82. The SMILES string of the molecule is CCCNC(=NCC(c1ccccc1)N(C)C)NCC. The van der Waals surface area contributed by atoms with Gasteiger partial charge in [-0.25, -0.2) is 0 Å². The highest BCUT2D eigenvalue weighted by molar-refractivity contribution is 5.79. The zero-order valence-corrected chi connectivity index (χ0v) is 13.2. The molecule has 0 aliphatic heterocycles. The van der Waals surface area contributed by atoms with Gasteiger partial charge in [0.1, 0.15) is 0 Å². The van der Waals surface area contributed by atoms with E-state index in [9.17, 15) is 0 Å². The van der Waals surface area contributed by atoms with Gasteiger partial charge in [0.05, 0.1) is 12.6 Å². The van der Waals surface area contributed by atoms with Crippen LogP contribution in [0.25, 0.3) is 0 Å². The Morgan fingerprint density at radius 3 is 2.40 bits per heavy atom. The molecule has 1 unspecified atom stereocenters. The number of rotatable bonds is 7. The molecule has 0 amide bonds. The number of guanidine groups is 1. The molecule has 0 saturated carbocycles. The van der Waals surface area contributed by atoms with Gasteiger partial charge in [-0.15, -0.1) is 0 Å². The Bertz CT molecular complexity index is 387. The molecule has 1 rings (SSSR count). The van der Waals surface area contributed by atoms with Crippen molar-refractivity contribution in [2.24, 2.45) is 4.99 Å². The van der Waals surface area contributed by atoms with Crippen LogP contribution in [0, 0.1) is 0 Å². The predicted octanol–water partition coefficient (Wildman–Crippen LogP) is 2.25. The summed E-state index contributed by atoms with van der Waals surface area (Å²) in [6, 6.07) is 10.8. The minimum atomic E-state index is 0.299. The van der Waals surface area contributed by atoms with Gasteiger partial charge in [0.2, 0.25) is 0 Å². The molecule has 1 atom stereocenters. The summed E-state index contributed by atoms with van der Waals surface area (Å²) in [5.74, 6) is 0.900. The molecule has 0 fully saturated rings. The highest BCUT2D eigenvalue weighted by atomic mass is 15.2. The molecule has 1 aromatic carbocycles. The molecule has 0 saturated heterocycles. The van der Waals surface area contributed by atoms with E-state index >= 15 is 0 Å². The average molecular weight is 276 g/mol. The first-order valence-electron chi connectivity index (χ1n) is 7.42. The van der Waals surface area contributed by atoms with Crippen molar-refractivity contribution in [2.45, 2.75) is 26.3 Å². The third kappa shape index (κ3) is 5.61. The third-order valence-corrected chi connectivity index (χ3v) is 3.12. The summed E-state index contributed by atoms with van der Waals surface area (Å²) in [6.07, 6.45) is 1.10. The molecule has 20 heavy (non-hydrogen) atoms. The van der Waals surface area contributed by atoms with E-state index in [0.29, 0.717) is 6.04 Å². The van der Waals surface area contributed by atoms with Crippen molar-refractivity contribution >= 4 is 5.96 Å². The third-order valence-electron chi connectivity index (χ3n) is 3.12. The van der Waals surface area contributed by atoms with Gasteiger partial charge in [0, 0.05) is 13.1 Å². The van der Waals surface area contributed by atoms with Gasteiger partial charge < -0.3 is 15.5 Å². The van der Waals surface area contributed by atoms with Gasteiger partial charge in [0.15, 0.2) is 5.96 Å². The van der Waals surface area contributed by atoms with Crippen molar-refractivity contribution in [3.63, 3.8) is 0 Å². The van der Waals surface area contributed by atoms with Crippen LogP contribution in [0.2, 0.25) is 0 Å². The van der Waals surface area contributed by atoms with Crippen LogP contribution in [0.3, 0.4) is 0 Å². The van der Waals surface area contributed by atoms with Crippen molar-refractivity contribution in [1.82, 2.24) is 15.5 Å². The van der Waals surface area contributed by atoms with E-state index in [1.54, 1.807) is 0 Å². The lowest BCUT2D eigenvalue weighted by Crippen LogP contribution is -2.38. The first-order chi connectivity index (χ1) is 9.69. The normalized spacial score (nSPS) is 13.3. The Morgan fingerprint density at radius 2 is 1.85 bits per heavy atom. The number of likely N-dealkylation sites (N-methyl/N-ethyl adjacent to an activating group) is 1. The van der Waals surface area contributed by atoms with E-state index < -0.39 is 0 Å². The summed E-state index contributed by atoms with van der Waals surface area (Å²) in [5, 5.41) is 6.62. The number of nitrogens with one attached hydrogen (secondary N) is 2. The van der Waals surface area contributed by atoms with Crippen LogP contribution in [0.4, 0.5) is 0 Å². The Balaban J connectivity index is 2.73. The van der Waals surface area contributed by atoms with E-state index in [0.717, 1.165) is 32.0 Å². The minimum absolute atomic E-state index is 0.299. The van der Waals surface area contributed by atoms with Crippen molar-refractivity contribution in [2.75, 3.05) is 33.7 Å². The Labute approximate surface area is 123 Å². The topological polar surface area (TPSA) is 39.7 Å². The molecule has 0 bridgehead atoms. The summed E-state index contributed by atoms with van der Waals surface area (Å²) in [7, 11) is 4.19. The lowest BCUT2D eigenvalue weighted by molar-refractivity contribution is 0.306. The fourth-order valence-corrected chi connectivity index (χ4v) is 2.00. The van der Waals surface area contributed by atoms with Crippen molar-refractivity contribution in [3.8, 4) is 0 Å². The fourth-order valence-electron chi connectivity index (χ4n) is 2.00. The smallest absolute Gasteiger partial charge is 0.191 e. The quantitative estimate of drug-likeness (QED) is 0.593. The van der Waals surface area contributed by atoms with Gasteiger partial charge in [-0.3, -0.25) is 4.99 Å². The molecule has 4 nitrogen and oxygen atoms in total. The molecule has 0 heterocycles. The van der Waals surface area contributed by atoms with Crippen LogP contribution in [-0.2, 0) is 0 Å². The lowest BCUT2D eigenvalue weighted by atomic mass is 10.1. The van der Waals surface area contributed by atoms with Crippen LogP contribution >= 0.6 is 0 Å². The highest BCUT2D eigenvalue weighted by Gasteiger charge is 2.13. The van der Waals surface area contributed by atoms with Crippen LogP contribution in [-0.4, -0.2) is 44.6 Å². The van der Waals surface area contributed by atoms with E-state index in [2.05, 4.69) is 67.7 Å². The van der Waals surface area contributed by atoms with E-state index in [1.165, 1.54) is 5.56 Å². The molecule has 0 aliphatic rings. The van der Waals surface area contributed by atoms with E-state index in [1.807, 2.05) is 6.07 Å². The molecular formula is C16H28N4. The second kappa shape index (κ2) is 9.37. The van der Waals surface area contributed by atoms with Gasteiger partial charge in [-0.1, -0.05) is 37.3 Å². The maximum absolute atomic E-state index is 4.70. The maximum atomic E-state index is 4.70. The minimum Gasteiger partial charge on any atom is -0.357 e. The van der Waals surface area contributed by atoms with Gasteiger partial charge in [-0.2, -0.15) is 0 Å². The summed E-state index contributed by atoms with van der Waals surface area (Å²) in [5.41, 5.74) is 1.30. The lowest BCUT2D eigenvalue weighted by Gasteiger charge is -2.23. The zero-order chi connectivity index (χ0) is 14.8. The maximum Gasteiger partial charge on any atom is 0.191 e. The monoisotopic (exact) mass is 276 g/mol. The van der Waals surface area contributed by atoms with E-state index in [4.69, 9.17) is 4.99 Å². The van der Waals surface area contributed by atoms with Crippen LogP contribution < -0.4 is 10.6 Å². The Morgan fingerprint density at radius 1 is 1.15 bits per heavy atom. The number of hydrogen-bond acceptors (Lipinski definition) is 2. The summed E-state index contributed by atoms with van der Waals surface area (Å²) < 4.78 is 0. The van der Waals surface area contributed by atoms with Crippen LogP contribution in [0.5, 0.6) is 0 Å². The molecule has 2 N–H and O–H groups in total. The number of aliphatic imine (C=N–C) groups is 1. The average Bonchev–Trinajstić information content (AvgIpc) is 2.45. The second-order valence-corrected chi connectivity index (χ2v) is 5.04. The number of benzene rings is 1. The first kappa shape index (κ1) is 16.5. The summed E-state index contributed by atoms with van der Waals surface area (Å²) in [4.78, 5) is 6.91. The zero-order valence-electron chi connectivity index (χ0n) is 13.2. The Hall–Kier alpha value is -1.55. The van der Waals surface area contributed by atoms with Crippen LogP contribution in [0.1, 0.15) is 31.9 Å². The van der Waals surface area contributed by atoms with Crippen molar-refractivity contribution in [1.29, 1.82) is 0 Å². The van der Waals surface area contributed by atoms with Crippen LogP contribution in [0.15, 0.2) is 35.3 Å². The fraction of sp³-hybridized carbons (Fsp3) is 0.562.